The van der Waals surface area contributed by atoms with Crippen LogP contribution in [0.2, 0.25) is 10.0 Å². The Kier molecular flexibility index (Phi) is 8.08. The maximum absolute atomic E-state index is 12.3. The predicted octanol–water partition coefficient (Wildman–Crippen LogP) is 4.44. The number of hydrogen-bond acceptors (Lipinski definition) is 4. The fraction of sp³-hybridized carbons (Fsp3) is 0.190. The van der Waals surface area contributed by atoms with Crippen molar-refractivity contribution < 1.29 is 14.3 Å². The Morgan fingerprint density at radius 2 is 1.83 bits per heavy atom. The molecule has 2 aromatic rings. The number of amides is 2. The van der Waals surface area contributed by atoms with Gasteiger partial charge in [0.25, 0.3) is 11.8 Å². The summed E-state index contributed by atoms with van der Waals surface area (Å²) in [4.78, 5) is 23.9. The van der Waals surface area contributed by atoms with Crippen LogP contribution >= 0.6 is 23.2 Å². The molecule has 0 saturated carbocycles. The summed E-state index contributed by atoms with van der Waals surface area (Å²) in [7, 11) is 0. The highest BCUT2D eigenvalue weighted by Crippen LogP contribution is 2.25. The van der Waals surface area contributed by atoms with E-state index >= 15 is 0 Å². The summed E-state index contributed by atoms with van der Waals surface area (Å²) < 4.78 is 5.40. The van der Waals surface area contributed by atoms with Crippen molar-refractivity contribution in [2.75, 3.05) is 11.9 Å². The zero-order valence-corrected chi connectivity index (χ0v) is 17.3. The van der Waals surface area contributed by atoms with Crippen molar-refractivity contribution >= 4 is 46.8 Å². The first-order chi connectivity index (χ1) is 13.8. The number of anilines is 1. The molecule has 6 nitrogen and oxygen atoms in total. The number of hydrogen-bond donors (Lipinski definition) is 2. The first kappa shape index (κ1) is 22.3. The zero-order valence-electron chi connectivity index (χ0n) is 15.8. The molecule has 0 heterocycles. The lowest BCUT2D eigenvalue weighted by Crippen LogP contribution is -2.34. The second kappa shape index (κ2) is 10.5. The Bertz CT molecular complexity index is 964. The van der Waals surface area contributed by atoms with Gasteiger partial charge in [0.2, 0.25) is 0 Å². The van der Waals surface area contributed by atoms with Gasteiger partial charge in [0.05, 0.1) is 10.0 Å². The molecule has 2 amide bonds. The third-order valence-corrected chi connectivity index (χ3v) is 4.29. The van der Waals surface area contributed by atoms with Crippen LogP contribution in [0.15, 0.2) is 48.0 Å². The minimum atomic E-state index is -0.573. The smallest absolute Gasteiger partial charge is 0.266 e. The summed E-state index contributed by atoms with van der Waals surface area (Å²) in [5, 5.41) is 15.3. The number of nitrogens with zero attached hydrogens (tertiary/aromatic N) is 1. The molecule has 0 aliphatic carbocycles. The Hall–Kier alpha value is -3.01. The average molecular weight is 432 g/mol. The summed E-state index contributed by atoms with van der Waals surface area (Å²) in [6.45, 7) is 3.63. The highest BCUT2D eigenvalue weighted by Gasteiger charge is 2.11. The Labute approximate surface area is 179 Å². The van der Waals surface area contributed by atoms with Crippen molar-refractivity contribution in [3.8, 4) is 11.8 Å². The van der Waals surface area contributed by atoms with Gasteiger partial charge in [0.1, 0.15) is 17.4 Å². The van der Waals surface area contributed by atoms with Crippen molar-refractivity contribution in [3.63, 3.8) is 0 Å². The number of rotatable bonds is 7. The van der Waals surface area contributed by atoms with Gasteiger partial charge in [-0.05, 0) is 55.8 Å². The molecular formula is C21H19Cl2N3O3. The molecule has 0 atom stereocenters. The van der Waals surface area contributed by atoms with E-state index in [9.17, 15) is 14.9 Å². The molecule has 0 aromatic heterocycles. The van der Waals surface area contributed by atoms with Gasteiger partial charge < -0.3 is 15.4 Å². The highest BCUT2D eigenvalue weighted by molar-refractivity contribution is 6.42. The molecular weight excluding hydrogens is 413 g/mol. The van der Waals surface area contributed by atoms with E-state index < -0.39 is 5.91 Å². The summed E-state index contributed by atoms with van der Waals surface area (Å²) in [6.07, 6.45) is 1.45. The van der Waals surface area contributed by atoms with Gasteiger partial charge in [-0.3, -0.25) is 9.59 Å². The van der Waals surface area contributed by atoms with Crippen molar-refractivity contribution in [1.82, 2.24) is 5.32 Å². The lowest BCUT2D eigenvalue weighted by atomic mass is 10.1. The molecule has 150 valence electrons. The third kappa shape index (κ3) is 7.15. The standard InChI is InChI=1S/C21H19Cl2N3O3/c1-13(2)25-20(27)12-29-17-6-3-14(4-7-17)9-15(11-24)21(28)26-16-5-8-18(22)19(23)10-16/h3-10,13H,12H2,1-2H3,(H,25,27)(H,26,28)/b15-9+. The molecule has 2 aromatic carbocycles. The fourth-order valence-corrected chi connectivity index (χ4v) is 2.56. The number of carbonyl (C=O) groups is 2. The molecule has 0 aliphatic rings. The van der Waals surface area contributed by atoms with Gasteiger partial charge in [0, 0.05) is 11.7 Å². The largest absolute Gasteiger partial charge is 0.484 e. The van der Waals surface area contributed by atoms with E-state index in [0.717, 1.165) is 0 Å². The number of carbonyl (C=O) groups excluding carboxylic acids is 2. The lowest BCUT2D eigenvalue weighted by Gasteiger charge is -2.09. The number of nitriles is 1. The van der Waals surface area contributed by atoms with E-state index in [4.69, 9.17) is 27.9 Å². The molecule has 0 saturated heterocycles. The van der Waals surface area contributed by atoms with Gasteiger partial charge in [0.15, 0.2) is 6.61 Å². The summed E-state index contributed by atoms with van der Waals surface area (Å²) in [5.74, 6) is -0.286. The molecule has 0 bridgehead atoms. The van der Waals surface area contributed by atoms with Crippen molar-refractivity contribution in [1.29, 1.82) is 5.26 Å². The van der Waals surface area contributed by atoms with Gasteiger partial charge in [-0.1, -0.05) is 35.3 Å². The van der Waals surface area contributed by atoms with Crippen LogP contribution in [0.1, 0.15) is 19.4 Å². The van der Waals surface area contributed by atoms with Crippen LogP contribution in [0.5, 0.6) is 5.75 Å². The first-order valence-electron chi connectivity index (χ1n) is 8.69. The summed E-state index contributed by atoms with van der Waals surface area (Å²) in [6, 6.07) is 13.2. The van der Waals surface area contributed by atoms with E-state index in [1.807, 2.05) is 19.9 Å². The monoisotopic (exact) mass is 431 g/mol. The molecule has 29 heavy (non-hydrogen) atoms. The Morgan fingerprint density at radius 3 is 2.41 bits per heavy atom. The van der Waals surface area contributed by atoms with E-state index in [-0.39, 0.29) is 24.1 Å². The average Bonchev–Trinajstić information content (AvgIpc) is 2.67. The Balaban J connectivity index is 2.02. The molecule has 0 radical (unpaired) electrons. The highest BCUT2D eigenvalue weighted by atomic mass is 35.5. The van der Waals surface area contributed by atoms with E-state index in [1.165, 1.54) is 12.1 Å². The van der Waals surface area contributed by atoms with Crippen molar-refractivity contribution in [3.05, 3.63) is 63.6 Å². The molecule has 0 spiro atoms. The number of nitrogens with one attached hydrogen (secondary N) is 2. The topological polar surface area (TPSA) is 91.2 Å². The van der Waals surface area contributed by atoms with Crippen LogP contribution in [0.4, 0.5) is 5.69 Å². The van der Waals surface area contributed by atoms with E-state index in [0.29, 0.717) is 27.0 Å². The van der Waals surface area contributed by atoms with Crippen LogP contribution in [-0.4, -0.2) is 24.5 Å². The molecule has 2 rings (SSSR count). The van der Waals surface area contributed by atoms with E-state index in [2.05, 4.69) is 10.6 Å². The van der Waals surface area contributed by atoms with Gasteiger partial charge in [-0.2, -0.15) is 5.26 Å². The minimum absolute atomic E-state index is 0.0399. The zero-order chi connectivity index (χ0) is 21.4. The van der Waals surface area contributed by atoms with Gasteiger partial charge in [-0.25, -0.2) is 0 Å². The minimum Gasteiger partial charge on any atom is -0.484 e. The van der Waals surface area contributed by atoms with Crippen LogP contribution in [0.3, 0.4) is 0 Å². The lowest BCUT2D eigenvalue weighted by molar-refractivity contribution is -0.123. The molecule has 0 aliphatic heterocycles. The summed E-state index contributed by atoms with van der Waals surface area (Å²) >= 11 is 11.8. The van der Waals surface area contributed by atoms with Crippen LogP contribution in [0.25, 0.3) is 6.08 Å². The second-order valence-corrected chi connectivity index (χ2v) is 7.15. The molecule has 0 unspecified atom stereocenters. The first-order valence-corrected chi connectivity index (χ1v) is 9.44. The maximum Gasteiger partial charge on any atom is 0.266 e. The van der Waals surface area contributed by atoms with Crippen LogP contribution in [-0.2, 0) is 9.59 Å². The molecule has 0 fully saturated rings. The quantitative estimate of drug-likeness (QED) is 0.500. The van der Waals surface area contributed by atoms with Crippen LogP contribution in [0, 0.1) is 11.3 Å². The van der Waals surface area contributed by atoms with Gasteiger partial charge in [-0.15, -0.1) is 0 Å². The fourth-order valence-electron chi connectivity index (χ4n) is 2.26. The normalized spacial score (nSPS) is 11.0. The SMILES string of the molecule is CC(C)NC(=O)COc1ccc(/C=C(\C#N)C(=O)Nc2ccc(Cl)c(Cl)c2)cc1. The number of benzene rings is 2. The molecule has 2 N–H and O–H groups in total. The van der Waals surface area contributed by atoms with Gasteiger partial charge >= 0.3 is 0 Å². The third-order valence-electron chi connectivity index (χ3n) is 3.55. The van der Waals surface area contributed by atoms with Crippen molar-refractivity contribution in [2.45, 2.75) is 19.9 Å². The summed E-state index contributed by atoms with van der Waals surface area (Å²) in [5.41, 5.74) is 0.972. The Morgan fingerprint density at radius 1 is 1.14 bits per heavy atom. The number of halogens is 2. The van der Waals surface area contributed by atoms with E-state index in [1.54, 1.807) is 36.4 Å². The van der Waals surface area contributed by atoms with Crippen LogP contribution < -0.4 is 15.4 Å². The molecule has 8 heteroatoms. The predicted molar refractivity (Wildman–Crippen MR) is 114 cm³/mol. The second-order valence-electron chi connectivity index (χ2n) is 6.33. The maximum atomic E-state index is 12.3. The number of ether oxygens (including phenoxy) is 1. The van der Waals surface area contributed by atoms with Crippen molar-refractivity contribution in [2.24, 2.45) is 0 Å².